The first-order chi connectivity index (χ1) is 12.6. The maximum absolute atomic E-state index is 12.7. The van der Waals surface area contributed by atoms with Crippen LogP contribution < -0.4 is 5.32 Å². The molecule has 5 nitrogen and oxygen atoms in total. The quantitative estimate of drug-likeness (QED) is 0.702. The number of carbonyl (C=O) groups is 1. The second kappa shape index (κ2) is 7.32. The van der Waals surface area contributed by atoms with Gasteiger partial charge in [-0.2, -0.15) is 0 Å². The SMILES string of the molecule is Cc1nc(NC(=O)c2cc3c(s2)CCCCCC3)sc1-c1nccn1C. The van der Waals surface area contributed by atoms with Gasteiger partial charge in [-0.05, 0) is 44.2 Å². The van der Waals surface area contributed by atoms with Gasteiger partial charge in [0.1, 0.15) is 0 Å². The zero-order chi connectivity index (χ0) is 18.1. The highest BCUT2D eigenvalue weighted by Gasteiger charge is 2.19. The maximum Gasteiger partial charge on any atom is 0.267 e. The standard InChI is InChI=1S/C19H22N4OS2/c1-12-16(17-20-9-10-23(17)2)26-19(21-12)22-18(24)15-11-13-7-5-3-4-6-8-14(13)25-15/h9-11H,3-8H2,1-2H3,(H,21,22,24). The van der Waals surface area contributed by atoms with Crippen LogP contribution in [0.3, 0.4) is 0 Å². The van der Waals surface area contributed by atoms with Crippen LogP contribution in [0.25, 0.3) is 10.7 Å². The molecule has 0 spiro atoms. The molecule has 3 heterocycles. The van der Waals surface area contributed by atoms with Crippen LogP contribution >= 0.6 is 22.7 Å². The fourth-order valence-electron chi connectivity index (χ4n) is 3.36. The minimum atomic E-state index is -0.0538. The Morgan fingerprint density at radius 1 is 1.19 bits per heavy atom. The number of nitrogens with zero attached hydrogens (tertiary/aromatic N) is 3. The van der Waals surface area contributed by atoms with Crippen molar-refractivity contribution in [3.63, 3.8) is 0 Å². The molecule has 0 aliphatic heterocycles. The number of amides is 1. The number of fused-ring (bicyclic) bond motifs is 1. The summed E-state index contributed by atoms with van der Waals surface area (Å²) in [5.74, 6) is 0.821. The van der Waals surface area contributed by atoms with Crippen molar-refractivity contribution in [2.24, 2.45) is 7.05 Å². The Kier molecular flexibility index (Phi) is 4.91. The number of imidazole rings is 1. The molecule has 1 aliphatic rings. The lowest BCUT2D eigenvalue weighted by molar-refractivity contribution is 0.103. The predicted molar refractivity (Wildman–Crippen MR) is 107 cm³/mol. The van der Waals surface area contributed by atoms with Gasteiger partial charge in [0.05, 0.1) is 15.4 Å². The summed E-state index contributed by atoms with van der Waals surface area (Å²) >= 11 is 3.12. The van der Waals surface area contributed by atoms with Gasteiger partial charge in [-0.3, -0.25) is 10.1 Å². The number of hydrogen-bond acceptors (Lipinski definition) is 5. The van der Waals surface area contributed by atoms with Crippen LogP contribution in [0, 0.1) is 6.92 Å². The number of anilines is 1. The molecule has 0 unspecified atom stereocenters. The van der Waals surface area contributed by atoms with E-state index in [0.717, 1.165) is 34.1 Å². The molecule has 1 aliphatic carbocycles. The predicted octanol–water partition coefficient (Wildman–Crippen LogP) is 4.82. The molecule has 1 amide bonds. The molecule has 7 heteroatoms. The van der Waals surface area contributed by atoms with Crippen LogP contribution in [0.15, 0.2) is 18.5 Å². The van der Waals surface area contributed by atoms with E-state index in [9.17, 15) is 4.79 Å². The summed E-state index contributed by atoms with van der Waals surface area (Å²) in [6, 6.07) is 2.08. The van der Waals surface area contributed by atoms with E-state index in [1.807, 2.05) is 24.7 Å². The Labute approximate surface area is 161 Å². The molecule has 4 rings (SSSR count). The van der Waals surface area contributed by atoms with Crippen molar-refractivity contribution in [2.75, 3.05) is 5.32 Å². The Balaban J connectivity index is 1.54. The first-order valence-corrected chi connectivity index (χ1v) is 10.6. The zero-order valence-electron chi connectivity index (χ0n) is 15.0. The lowest BCUT2D eigenvalue weighted by atomic mass is 10.00. The number of thiophene rings is 1. The monoisotopic (exact) mass is 386 g/mol. The number of aromatic nitrogens is 3. The molecule has 3 aromatic heterocycles. The first-order valence-electron chi connectivity index (χ1n) is 9.00. The van der Waals surface area contributed by atoms with Crippen LogP contribution in [0.4, 0.5) is 5.13 Å². The Bertz CT molecular complexity index is 912. The summed E-state index contributed by atoms with van der Waals surface area (Å²) in [7, 11) is 1.96. The molecular formula is C19H22N4OS2. The van der Waals surface area contributed by atoms with Crippen LogP contribution in [0.5, 0.6) is 0 Å². The van der Waals surface area contributed by atoms with Crippen LogP contribution in [-0.4, -0.2) is 20.4 Å². The largest absolute Gasteiger partial charge is 0.333 e. The number of carbonyl (C=O) groups excluding carboxylic acids is 1. The number of hydrogen-bond donors (Lipinski definition) is 1. The van der Waals surface area contributed by atoms with Crippen molar-refractivity contribution >= 4 is 33.7 Å². The van der Waals surface area contributed by atoms with Crippen molar-refractivity contribution < 1.29 is 4.79 Å². The van der Waals surface area contributed by atoms with E-state index in [1.165, 1.54) is 47.5 Å². The van der Waals surface area contributed by atoms with E-state index in [2.05, 4.69) is 21.4 Å². The van der Waals surface area contributed by atoms with Gasteiger partial charge in [-0.25, -0.2) is 9.97 Å². The lowest BCUT2D eigenvalue weighted by Crippen LogP contribution is -2.09. The van der Waals surface area contributed by atoms with E-state index in [-0.39, 0.29) is 5.91 Å². The van der Waals surface area contributed by atoms with Crippen LogP contribution in [0.2, 0.25) is 0 Å². The van der Waals surface area contributed by atoms with Crippen molar-refractivity contribution in [2.45, 2.75) is 45.4 Å². The molecule has 0 atom stereocenters. The molecule has 136 valence electrons. The van der Waals surface area contributed by atoms with E-state index >= 15 is 0 Å². The van der Waals surface area contributed by atoms with E-state index in [0.29, 0.717) is 5.13 Å². The van der Waals surface area contributed by atoms with Crippen molar-refractivity contribution in [3.8, 4) is 10.7 Å². The van der Waals surface area contributed by atoms with Gasteiger partial charge >= 0.3 is 0 Å². The number of aryl methyl sites for hydroxylation is 4. The molecule has 0 saturated heterocycles. The Hall–Kier alpha value is -1.99. The van der Waals surface area contributed by atoms with Gasteiger partial charge in [-0.15, -0.1) is 11.3 Å². The zero-order valence-corrected chi connectivity index (χ0v) is 16.7. The highest BCUT2D eigenvalue weighted by atomic mass is 32.1. The molecule has 0 fully saturated rings. The molecule has 0 bridgehead atoms. The normalized spacial score (nSPS) is 14.5. The van der Waals surface area contributed by atoms with Gasteiger partial charge < -0.3 is 4.57 Å². The average molecular weight is 387 g/mol. The van der Waals surface area contributed by atoms with Crippen molar-refractivity contribution in [1.82, 2.24) is 14.5 Å². The summed E-state index contributed by atoms with van der Waals surface area (Å²) in [5, 5.41) is 3.61. The highest BCUT2D eigenvalue weighted by Crippen LogP contribution is 2.33. The molecular weight excluding hydrogens is 364 g/mol. The average Bonchev–Trinajstić information content (AvgIpc) is 3.27. The van der Waals surface area contributed by atoms with E-state index < -0.39 is 0 Å². The third-order valence-corrected chi connectivity index (χ3v) is 7.07. The highest BCUT2D eigenvalue weighted by molar-refractivity contribution is 7.19. The minimum Gasteiger partial charge on any atom is -0.333 e. The second-order valence-corrected chi connectivity index (χ2v) is 8.86. The second-order valence-electron chi connectivity index (χ2n) is 6.72. The Morgan fingerprint density at radius 3 is 2.77 bits per heavy atom. The molecule has 3 aromatic rings. The summed E-state index contributed by atoms with van der Waals surface area (Å²) < 4.78 is 1.96. The summed E-state index contributed by atoms with van der Waals surface area (Å²) in [5.41, 5.74) is 2.25. The summed E-state index contributed by atoms with van der Waals surface area (Å²) in [6.45, 7) is 1.95. The molecule has 0 aromatic carbocycles. The fraction of sp³-hybridized carbons (Fsp3) is 0.421. The Morgan fingerprint density at radius 2 is 2.00 bits per heavy atom. The van der Waals surface area contributed by atoms with E-state index in [1.54, 1.807) is 17.5 Å². The van der Waals surface area contributed by atoms with E-state index in [4.69, 9.17) is 0 Å². The number of thiazole rings is 1. The topological polar surface area (TPSA) is 59.8 Å². The molecule has 0 saturated carbocycles. The molecule has 1 N–H and O–H groups in total. The van der Waals surface area contributed by atoms with Gasteiger partial charge in [0, 0.05) is 24.3 Å². The minimum absolute atomic E-state index is 0.0538. The smallest absolute Gasteiger partial charge is 0.267 e. The number of nitrogens with one attached hydrogen (secondary N) is 1. The lowest BCUT2D eigenvalue weighted by Gasteiger charge is -2.07. The van der Waals surface area contributed by atoms with Gasteiger partial charge in [-0.1, -0.05) is 24.2 Å². The van der Waals surface area contributed by atoms with Crippen LogP contribution in [0.1, 0.15) is 51.5 Å². The van der Waals surface area contributed by atoms with Crippen molar-refractivity contribution in [3.05, 3.63) is 39.5 Å². The number of rotatable bonds is 3. The van der Waals surface area contributed by atoms with Crippen molar-refractivity contribution in [1.29, 1.82) is 0 Å². The fourth-order valence-corrected chi connectivity index (χ4v) is 5.51. The van der Waals surface area contributed by atoms with Gasteiger partial charge in [0.25, 0.3) is 5.91 Å². The third-order valence-electron chi connectivity index (χ3n) is 4.76. The molecule has 0 radical (unpaired) electrons. The first kappa shape index (κ1) is 17.4. The summed E-state index contributed by atoms with van der Waals surface area (Å²) in [6.07, 6.45) is 10.9. The van der Waals surface area contributed by atoms with Gasteiger partial charge in [0.15, 0.2) is 11.0 Å². The van der Waals surface area contributed by atoms with Crippen LogP contribution in [-0.2, 0) is 19.9 Å². The summed E-state index contributed by atoms with van der Waals surface area (Å²) in [4.78, 5) is 24.8. The maximum atomic E-state index is 12.7. The van der Waals surface area contributed by atoms with Gasteiger partial charge in [0.2, 0.25) is 0 Å². The third kappa shape index (κ3) is 3.46. The molecule has 26 heavy (non-hydrogen) atoms.